The smallest absolute Gasteiger partial charge is 0.418 e. The first-order valence-electron chi connectivity index (χ1n) is 4.36. The summed E-state index contributed by atoms with van der Waals surface area (Å²) in [7, 11) is 1.35. The number of nitrogens with one attached hydrogen (secondary N) is 1. The van der Waals surface area contributed by atoms with E-state index in [1.807, 2.05) is 0 Å². The van der Waals surface area contributed by atoms with Gasteiger partial charge in [0.15, 0.2) is 0 Å². The molecule has 1 heterocycles. The van der Waals surface area contributed by atoms with Crippen molar-refractivity contribution in [2.45, 2.75) is 6.18 Å². The van der Waals surface area contributed by atoms with Crippen molar-refractivity contribution in [1.82, 2.24) is 4.98 Å². The zero-order valence-corrected chi connectivity index (χ0v) is 8.91. The van der Waals surface area contributed by atoms with Gasteiger partial charge in [-0.15, -0.1) is 0 Å². The molecule has 0 aliphatic heterocycles. The lowest BCUT2D eigenvalue weighted by molar-refractivity contribution is -0.136. The van der Waals surface area contributed by atoms with E-state index < -0.39 is 11.7 Å². The summed E-state index contributed by atoms with van der Waals surface area (Å²) in [4.78, 5) is 2.53. The summed E-state index contributed by atoms with van der Waals surface area (Å²) >= 11 is 5.85. The molecule has 2 nitrogen and oxygen atoms in total. The molecule has 0 radical (unpaired) electrons. The van der Waals surface area contributed by atoms with Crippen LogP contribution in [0.25, 0.3) is 10.9 Å². The number of ether oxygens (including phenoxy) is 1. The van der Waals surface area contributed by atoms with Crippen LogP contribution in [0.2, 0.25) is 5.02 Å². The Hall–Kier alpha value is -1.36. The number of hydrogen-bond acceptors (Lipinski definition) is 1. The Morgan fingerprint density at radius 3 is 2.56 bits per heavy atom. The molecule has 6 heteroatoms. The van der Waals surface area contributed by atoms with E-state index in [1.165, 1.54) is 19.2 Å². The quantitative estimate of drug-likeness (QED) is 0.816. The molecule has 2 rings (SSSR count). The fourth-order valence-corrected chi connectivity index (χ4v) is 1.89. The van der Waals surface area contributed by atoms with E-state index in [0.717, 1.165) is 6.20 Å². The van der Waals surface area contributed by atoms with E-state index in [1.54, 1.807) is 0 Å². The topological polar surface area (TPSA) is 25.0 Å². The molecular weight excluding hydrogens is 243 g/mol. The van der Waals surface area contributed by atoms with E-state index in [-0.39, 0.29) is 16.2 Å². The lowest BCUT2D eigenvalue weighted by Gasteiger charge is -2.07. The minimum atomic E-state index is -4.44. The van der Waals surface area contributed by atoms with Crippen molar-refractivity contribution in [3.05, 3.63) is 28.9 Å². The lowest BCUT2D eigenvalue weighted by Crippen LogP contribution is -2.03. The number of alkyl halides is 3. The highest BCUT2D eigenvalue weighted by Gasteiger charge is 2.34. The van der Waals surface area contributed by atoms with Gasteiger partial charge >= 0.3 is 6.18 Å². The van der Waals surface area contributed by atoms with Gasteiger partial charge in [-0.05, 0) is 12.1 Å². The first-order chi connectivity index (χ1) is 7.45. The predicted octanol–water partition coefficient (Wildman–Crippen LogP) is 3.85. The minimum Gasteiger partial charge on any atom is -0.495 e. The van der Waals surface area contributed by atoms with Gasteiger partial charge in [-0.2, -0.15) is 13.2 Å². The fraction of sp³-hybridized carbons (Fsp3) is 0.200. The van der Waals surface area contributed by atoms with E-state index in [4.69, 9.17) is 16.3 Å². The molecule has 0 saturated carbocycles. The fourth-order valence-electron chi connectivity index (χ4n) is 1.54. The van der Waals surface area contributed by atoms with Gasteiger partial charge in [0, 0.05) is 17.1 Å². The summed E-state index contributed by atoms with van der Waals surface area (Å²) in [5, 5.41) is -0.0953. The number of aromatic amines is 1. The van der Waals surface area contributed by atoms with Gasteiger partial charge in [-0.1, -0.05) is 11.6 Å². The third kappa shape index (κ3) is 1.61. The largest absolute Gasteiger partial charge is 0.495 e. The summed E-state index contributed by atoms with van der Waals surface area (Å²) in [5.74, 6) is 0.222. The van der Waals surface area contributed by atoms with E-state index in [0.29, 0.717) is 5.52 Å². The van der Waals surface area contributed by atoms with Crippen molar-refractivity contribution in [2.75, 3.05) is 7.11 Å². The summed E-state index contributed by atoms with van der Waals surface area (Å²) in [6, 6.07) is 3.01. The number of rotatable bonds is 1. The molecule has 0 bridgehead atoms. The third-order valence-corrected chi connectivity index (χ3v) is 2.65. The van der Waals surface area contributed by atoms with Gasteiger partial charge in [-0.25, -0.2) is 0 Å². The monoisotopic (exact) mass is 249 g/mol. The summed E-state index contributed by atoms with van der Waals surface area (Å²) in [6.45, 7) is 0. The maximum atomic E-state index is 12.6. The molecule has 1 N–H and O–H groups in total. The second kappa shape index (κ2) is 3.59. The van der Waals surface area contributed by atoms with Crippen LogP contribution in [0.1, 0.15) is 5.56 Å². The lowest BCUT2D eigenvalue weighted by atomic mass is 10.1. The van der Waals surface area contributed by atoms with E-state index in [2.05, 4.69) is 4.98 Å². The molecule has 0 spiro atoms. The van der Waals surface area contributed by atoms with E-state index in [9.17, 15) is 13.2 Å². The molecular formula is C10H7ClF3NO. The van der Waals surface area contributed by atoms with Crippen molar-refractivity contribution >= 4 is 22.5 Å². The van der Waals surface area contributed by atoms with Crippen LogP contribution < -0.4 is 4.74 Å². The van der Waals surface area contributed by atoms with E-state index >= 15 is 0 Å². The average Bonchev–Trinajstić information content (AvgIpc) is 2.62. The Morgan fingerprint density at radius 1 is 1.31 bits per heavy atom. The number of methoxy groups -OCH3 is 1. The molecule has 86 valence electrons. The van der Waals surface area contributed by atoms with Gasteiger partial charge in [0.1, 0.15) is 5.75 Å². The normalized spacial score (nSPS) is 12.1. The Kier molecular flexibility index (Phi) is 2.50. The molecule has 0 atom stereocenters. The predicted molar refractivity (Wildman–Crippen MR) is 54.9 cm³/mol. The first-order valence-corrected chi connectivity index (χ1v) is 4.73. The molecule has 0 aliphatic carbocycles. The Bertz CT molecular complexity index is 533. The zero-order chi connectivity index (χ0) is 11.9. The van der Waals surface area contributed by atoms with Crippen LogP contribution in [0.4, 0.5) is 13.2 Å². The van der Waals surface area contributed by atoms with Crippen molar-refractivity contribution in [1.29, 1.82) is 0 Å². The molecule has 1 aromatic carbocycles. The zero-order valence-electron chi connectivity index (χ0n) is 8.15. The van der Waals surface area contributed by atoms with Crippen molar-refractivity contribution in [3.8, 4) is 5.75 Å². The molecule has 0 unspecified atom stereocenters. The summed E-state index contributed by atoms with van der Waals surface area (Å²) < 4.78 is 42.8. The average molecular weight is 250 g/mol. The van der Waals surface area contributed by atoms with Crippen LogP contribution in [0.3, 0.4) is 0 Å². The number of aromatic nitrogens is 1. The van der Waals surface area contributed by atoms with Gasteiger partial charge in [0.25, 0.3) is 0 Å². The van der Waals surface area contributed by atoms with Gasteiger partial charge in [0.2, 0.25) is 0 Å². The molecule has 1 aromatic heterocycles. The molecule has 2 aromatic rings. The van der Waals surface area contributed by atoms with Crippen LogP contribution in [0, 0.1) is 0 Å². The highest BCUT2D eigenvalue weighted by Crippen LogP contribution is 2.41. The highest BCUT2D eigenvalue weighted by atomic mass is 35.5. The second-order valence-corrected chi connectivity index (χ2v) is 3.58. The molecule has 16 heavy (non-hydrogen) atoms. The van der Waals surface area contributed by atoms with Crippen LogP contribution in [0.15, 0.2) is 18.3 Å². The van der Waals surface area contributed by atoms with Crippen molar-refractivity contribution in [2.24, 2.45) is 0 Å². The van der Waals surface area contributed by atoms with Gasteiger partial charge in [-0.3, -0.25) is 0 Å². The number of H-pyrrole nitrogens is 1. The number of halogens is 4. The minimum absolute atomic E-state index is 0.0337. The number of benzene rings is 1. The van der Waals surface area contributed by atoms with Crippen LogP contribution in [0.5, 0.6) is 5.75 Å². The van der Waals surface area contributed by atoms with Gasteiger partial charge < -0.3 is 9.72 Å². The summed E-state index contributed by atoms with van der Waals surface area (Å²) in [5.41, 5.74) is -0.454. The molecule has 0 amide bonds. The third-order valence-electron chi connectivity index (χ3n) is 2.27. The standard InChI is InChI=1S/C10H7ClF3NO/c1-16-7-3-2-6-8(9(7)11)5(4-15-6)10(12,13)14/h2-4,15H,1H3. The number of hydrogen-bond donors (Lipinski definition) is 1. The van der Waals surface area contributed by atoms with Crippen molar-refractivity contribution < 1.29 is 17.9 Å². The Balaban J connectivity index is 2.79. The number of fused-ring (bicyclic) bond motifs is 1. The molecule has 0 saturated heterocycles. The highest BCUT2D eigenvalue weighted by molar-refractivity contribution is 6.37. The Morgan fingerprint density at radius 2 is 2.00 bits per heavy atom. The maximum absolute atomic E-state index is 12.6. The molecule has 0 aliphatic rings. The molecule has 0 fully saturated rings. The maximum Gasteiger partial charge on any atom is 0.418 e. The Labute approximate surface area is 94.0 Å². The SMILES string of the molecule is COc1ccc2[nH]cc(C(F)(F)F)c2c1Cl. The van der Waals surface area contributed by atoms with Gasteiger partial charge in [0.05, 0.1) is 17.7 Å². The van der Waals surface area contributed by atoms with Crippen LogP contribution in [-0.4, -0.2) is 12.1 Å². The summed E-state index contributed by atoms with van der Waals surface area (Å²) in [6.07, 6.45) is -3.54. The second-order valence-electron chi connectivity index (χ2n) is 3.20. The van der Waals surface area contributed by atoms with Crippen LogP contribution in [-0.2, 0) is 6.18 Å². The van der Waals surface area contributed by atoms with Crippen LogP contribution >= 0.6 is 11.6 Å². The van der Waals surface area contributed by atoms with Crippen molar-refractivity contribution in [3.63, 3.8) is 0 Å². The first kappa shape index (κ1) is 11.1.